The van der Waals surface area contributed by atoms with Gasteiger partial charge in [-0.3, -0.25) is 0 Å². The molecule has 0 fully saturated rings. The van der Waals surface area contributed by atoms with Crippen LogP contribution in [-0.2, 0) is 0 Å². The van der Waals surface area contributed by atoms with Crippen molar-refractivity contribution in [2.24, 2.45) is 0 Å². The smallest absolute Gasteiger partial charge is 0.0384 e. The van der Waals surface area contributed by atoms with Crippen LogP contribution in [0.1, 0.15) is 22.3 Å². The standard InChI is InChI=1S/C38H29N/c1-5-13-31(14-6-1)37(32-15-7-2-8-16-32)38(33-17-9-3-10-18-33)34-23-21-29(22-24-34)30-25-27-36(28-26-30)39-35-19-11-4-12-20-35/h1-28,39H. The van der Waals surface area contributed by atoms with E-state index in [1.807, 2.05) is 18.2 Å². The summed E-state index contributed by atoms with van der Waals surface area (Å²) in [5.74, 6) is 0. The Morgan fingerprint density at radius 1 is 0.282 bits per heavy atom. The molecule has 0 aliphatic heterocycles. The van der Waals surface area contributed by atoms with Crippen LogP contribution in [0, 0.1) is 0 Å². The van der Waals surface area contributed by atoms with Gasteiger partial charge in [-0.15, -0.1) is 0 Å². The highest BCUT2D eigenvalue weighted by atomic mass is 14.9. The lowest BCUT2D eigenvalue weighted by molar-refractivity contribution is 1.49. The highest BCUT2D eigenvalue weighted by Gasteiger charge is 2.16. The molecule has 0 bridgehead atoms. The molecule has 0 saturated carbocycles. The molecule has 0 spiro atoms. The van der Waals surface area contributed by atoms with E-state index in [9.17, 15) is 0 Å². The number of rotatable bonds is 7. The van der Waals surface area contributed by atoms with Crippen molar-refractivity contribution in [3.8, 4) is 11.1 Å². The molecule has 0 aromatic heterocycles. The van der Waals surface area contributed by atoms with Crippen molar-refractivity contribution in [1.82, 2.24) is 0 Å². The fraction of sp³-hybridized carbons (Fsp3) is 0. The molecular weight excluding hydrogens is 470 g/mol. The van der Waals surface area contributed by atoms with E-state index in [2.05, 4.69) is 157 Å². The van der Waals surface area contributed by atoms with Gasteiger partial charge in [0.2, 0.25) is 0 Å². The summed E-state index contributed by atoms with van der Waals surface area (Å²) in [5, 5.41) is 3.46. The third-order valence-corrected chi connectivity index (χ3v) is 6.89. The highest BCUT2D eigenvalue weighted by molar-refractivity contribution is 6.04. The Balaban J connectivity index is 1.41. The van der Waals surface area contributed by atoms with Gasteiger partial charge in [0.25, 0.3) is 0 Å². The molecule has 0 heterocycles. The van der Waals surface area contributed by atoms with Crippen molar-refractivity contribution in [2.45, 2.75) is 0 Å². The second-order valence-corrected chi connectivity index (χ2v) is 9.49. The Bertz CT molecular complexity index is 1610. The Morgan fingerprint density at radius 2 is 0.590 bits per heavy atom. The number of para-hydroxylation sites is 1. The fourth-order valence-corrected chi connectivity index (χ4v) is 4.99. The summed E-state index contributed by atoms with van der Waals surface area (Å²) in [5.41, 5.74) is 11.8. The Kier molecular flexibility index (Phi) is 7.14. The summed E-state index contributed by atoms with van der Waals surface area (Å²) >= 11 is 0. The summed E-state index contributed by atoms with van der Waals surface area (Å²) in [7, 11) is 0. The molecule has 0 amide bonds. The van der Waals surface area contributed by atoms with Crippen LogP contribution in [0.25, 0.3) is 22.3 Å². The zero-order chi connectivity index (χ0) is 26.3. The molecule has 0 atom stereocenters. The van der Waals surface area contributed by atoms with Gasteiger partial charge >= 0.3 is 0 Å². The largest absolute Gasteiger partial charge is 0.356 e. The maximum Gasteiger partial charge on any atom is 0.0384 e. The van der Waals surface area contributed by atoms with E-state index in [1.165, 1.54) is 44.5 Å². The van der Waals surface area contributed by atoms with E-state index in [1.54, 1.807) is 0 Å². The van der Waals surface area contributed by atoms with E-state index < -0.39 is 0 Å². The zero-order valence-electron chi connectivity index (χ0n) is 21.7. The molecule has 0 aliphatic rings. The van der Waals surface area contributed by atoms with Crippen LogP contribution in [0.5, 0.6) is 0 Å². The molecule has 6 rings (SSSR count). The quantitative estimate of drug-likeness (QED) is 0.215. The number of anilines is 2. The summed E-state index contributed by atoms with van der Waals surface area (Å²) in [6.07, 6.45) is 0. The predicted octanol–water partition coefficient (Wildman–Crippen LogP) is 10.1. The van der Waals surface area contributed by atoms with Crippen molar-refractivity contribution in [3.63, 3.8) is 0 Å². The van der Waals surface area contributed by atoms with Crippen LogP contribution in [0.3, 0.4) is 0 Å². The summed E-state index contributed by atoms with van der Waals surface area (Å²) in [6, 6.07) is 59.9. The fourth-order valence-electron chi connectivity index (χ4n) is 4.99. The lowest BCUT2D eigenvalue weighted by Crippen LogP contribution is -1.97. The zero-order valence-corrected chi connectivity index (χ0v) is 21.7. The van der Waals surface area contributed by atoms with Crippen LogP contribution >= 0.6 is 0 Å². The first-order chi connectivity index (χ1) is 19.3. The molecule has 0 aliphatic carbocycles. The molecule has 1 heteroatoms. The molecule has 1 nitrogen and oxygen atoms in total. The number of benzene rings is 6. The second-order valence-electron chi connectivity index (χ2n) is 9.49. The average molecular weight is 500 g/mol. The van der Waals surface area contributed by atoms with Gasteiger partial charge in [-0.2, -0.15) is 0 Å². The normalized spacial score (nSPS) is 10.6. The summed E-state index contributed by atoms with van der Waals surface area (Å²) in [4.78, 5) is 0. The van der Waals surface area contributed by atoms with Gasteiger partial charge < -0.3 is 5.32 Å². The van der Waals surface area contributed by atoms with Crippen LogP contribution in [0.4, 0.5) is 11.4 Å². The molecule has 39 heavy (non-hydrogen) atoms. The van der Waals surface area contributed by atoms with E-state index in [-0.39, 0.29) is 0 Å². The van der Waals surface area contributed by atoms with Crippen LogP contribution < -0.4 is 5.32 Å². The average Bonchev–Trinajstić information content (AvgIpc) is 3.02. The Morgan fingerprint density at radius 3 is 1.00 bits per heavy atom. The van der Waals surface area contributed by atoms with Crippen LogP contribution in [0.15, 0.2) is 170 Å². The molecule has 186 valence electrons. The molecule has 0 radical (unpaired) electrons. The molecule has 0 unspecified atom stereocenters. The molecular formula is C38H29N. The Labute approximate surface area is 230 Å². The van der Waals surface area contributed by atoms with Gasteiger partial charge in [-0.05, 0) is 68.8 Å². The van der Waals surface area contributed by atoms with Gasteiger partial charge in [-0.1, -0.05) is 146 Å². The van der Waals surface area contributed by atoms with E-state index >= 15 is 0 Å². The molecule has 6 aromatic carbocycles. The molecule has 6 aromatic rings. The summed E-state index contributed by atoms with van der Waals surface area (Å²) in [6.45, 7) is 0. The Hall–Kier alpha value is -5.14. The molecule has 1 N–H and O–H groups in total. The third-order valence-electron chi connectivity index (χ3n) is 6.89. The minimum Gasteiger partial charge on any atom is -0.356 e. The van der Waals surface area contributed by atoms with Crippen LogP contribution in [0.2, 0.25) is 0 Å². The minimum absolute atomic E-state index is 1.08. The van der Waals surface area contributed by atoms with E-state index in [0.717, 1.165) is 11.4 Å². The first-order valence-corrected chi connectivity index (χ1v) is 13.3. The number of hydrogen-bond acceptors (Lipinski definition) is 1. The maximum absolute atomic E-state index is 3.46. The summed E-state index contributed by atoms with van der Waals surface area (Å²) < 4.78 is 0. The predicted molar refractivity (Wildman–Crippen MR) is 166 cm³/mol. The first-order valence-electron chi connectivity index (χ1n) is 13.3. The topological polar surface area (TPSA) is 12.0 Å². The third kappa shape index (κ3) is 5.58. The first kappa shape index (κ1) is 24.2. The number of nitrogens with one attached hydrogen (secondary N) is 1. The van der Waals surface area contributed by atoms with Crippen molar-refractivity contribution in [1.29, 1.82) is 0 Å². The number of hydrogen-bond donors (Lipinski definition) is 1. The van der Waals surface area contributed by atoms with E-state index in [0.29, 0.717) is 0 Å². The van der Waals surface area contributed by atoms with Crippen molar-refractivity contribution >= 4 is 22.5 Å². The maximum atomic E-state index is 3.46. The van der Waals surface area contributed by atoms with Gasteiger partial charge in [0.1, 0.15) is 0 Å². The van der Waals surface area contributed by atoms with Gasteiger partial charge in [-0.25, -0.2) is 0 Å². The van der Waals surface area contributed by atoms with Gasteiger partial charge in [0.05, 0.1) is 0 Å². The van der Waals surface area contributed by atoms with Crippen molar-refractivity contribution in [3.05, 3.63) is 192 Å². The van der Waals surface area contributed by atoms with Gasteiger partial charge in [0, 0.05) is 11.4 Å². The van der Waals surface area contributed by atoms with Crippen molar-refractivity contribution < 1.29 is 0 Å². The monoisotopic (exact) mass is 499 g/mol. The SMILES string of the molecule is c1ccc(Nc2ccc(-c3ccc(C(=C(c4ccccc4)c4ccccc4)c4ccccc4)cc3)cc2)cc1. The lowest BCUT2D eigenvalue weighted by Gasteiger charge is -2.18. The highest BCUT2D eigenvalue weighted by Crippen LogP contribution is 2.37. The minimum atomic E-state index is 1.08. The lowest BCUT2D eigenvalue weighted by atomic mass is 9.85. The second kappa shape index (κ2) is 11.5. The van der Waals surface area contributed by atoms with Crippen molar-refractivity contribution in [2.75, 3.05) is 5.32 Å². The van der Waals surface area contributed by atoms with Crippen LogP contribution in [-0.4, -0.2) is 0 Å². The van der Waals surface area contributed by atoms with E-state index in [4.69, 9.17) is 0 Å². The van der Waals surface area contributed by atoms with Gasteiger partial charge in [0.15, 0.2) is 0 Å². The molecule has 0 saturated heterocycles.